The van der Waals surface area contributed by atoms with Crippen LogP contribution >= 0.6 is 36.6 Å². The SMILES string of the molecule is CN(C)CCc1ccc(CSCCNc2ncc(Cc3ccco3)c(=O)[nH]2)o1.Cl.Cl. The largest absolute Gasteiger partial charge is 0.469 e. The predicted octanol–water partition coefficient (Wildman–Crippen LogP) is 3.84. The quantitative estimate of drug-likeness (QED) is 0.408. The highest BCUT2D eigenvalue weighted by atomic mass is 35.5. The van der Waals surface area contributed by atoms with Crippen molar-refractivity contribution in [2.75, 3.05) is 38.3 Å². The Morgan fingerprint density at radius 2 is 1.97 bits per heavy atom. The summed E-state index contributed by atoms with van der Waals surface area (Å²) < 4.78 is 11.1. The summed E-state index contributed by atoms with van der Waals surface area (Å²) in [6.45, 7) is 1.69. The summed E-state index contributed by atoms with van der Waals surface area (Å²) in [5.41, 5.74) is 0.431. The van der Waals surface area contributed by atoms with Gasteiger partial charge in [0.15, 0.2) is 0 Å². The van der Waals surface area contributed by atoms with E-state index in [0.717, 1.165) is 41.8 Å². The lowest BCUT2D eigenvalue weighted by Gasteiger charge is -2.07. The number of nitrogens with one attached hydrogen (secondary N) is 2. The lowest BCUT2D eigenvalue weighted by Crippen LogP contribution is -2.18. The van der Waals surface area contributed by atoms with Crippen LogP contribution in [-0.4, -0.2) is 47.8 Å². The highest BCUT2D eigenvalue weighted by Crippen LogP contribution is 2.16. The first-order valence-corrected chi connectivity index (χ1v) is 10.4. The third-order valence-corrected chi connectivity index (χ3v) is 5.11. The Kier molecular flexibility index (Phi) is 11.7. The number of hydrogen-bond acceptors (Lipinski definition) is 7. The standard InChI is InChI=1S/C20H26N4O3S.2ClH/c1-24(2)9-7-16-5-6-18(27-16)14-28-11-8-21-20-22-13-15(19(25)23-20)12-17-4-3-10-26-17;;/h3-6,10,13H,7-9,11-12,14H2,1-2H3,(H2,21,22,23,25);2*1H. The van der Waals surface area contributed by atoms with Crippen molar-refractivity contribution in [1.82, 2.24) is 14.9 Å². The van der Waals surface area contributed by atoms with Gasteiger partial charge in [-0.15, -0.1) is 24.8 Å². The highest BCUT2D eigenvalue weighted by molar-refractivity contribution is 7.98. The first-order valence-electron chi connectivity index (χ1n) is 9.24. The Hall–Kier alpha value is -1.87. The Labute approximate surface area is 192 Å². The maximum atomic E-state index is 12.1. The van der Waals surface area contributed by atoms with E-state index >= 15 is 0 Å². The smallest absolute Gasteiger partial charge is 0.255 e. The van der Waals surface area contributed by atoms with Crippen LogP contribution in [0.25, 0.3) is 0 Å². The van der Waals surface area contributed by atoms with E-state index in [1.54, 1.807) is 30.3 Å². The van der Waals surface area contributed by atoms with Gasteiger partial charge in [-0.25, -0.2) is 4.98 Å². The van der Waals surface area contributed by atoms with Gasteiger partial charge in [0.2, 0.25) is 5.95 Å². The molecule has 3 heterocycles. The van der Waals surface area contributed by atoms with Crippen molar-refractivity contribution in [2.45, 2.75) is 18.6 Å². The monoisotopic (exact) mass is 474 g/mol. The van der Waals surface area contributed by atoms with Crippen LogP contribution in [-0.2, 0) is 18.6 Å². The lowest BCUT2D eigenvalue weighted by atomic mass is 10.2. The summed E-state index contributed by atoms with van der Waals surface area (Å²) in [4.78, 5) is 21.3. The van der Waals surface area contributed by atoms with E-state index in [4.69, 9.17) is 8.83 Å². The molecule has 0 aromatic carbocycles. The van der Waals surface area contributed by atoms with Crippen molar-refractivity contribution in [3.8, 4) is 0 Å². The molecule has 0 atom stereocenters. The van der Waals surface area contributed by atoms with Crippen LogP contribution in [0.1, 0.15) is 22.8 Å². The topological polar surface area (TPSA) is 87.3 Å². The summed E-state index contributed by atoms with van der Waals surface area (Å²) in [5, 5.41) is 3.15. The predicted molar refractivity (Wildman–Crippen MR) is 126 cm³/mol. The van der Waals surface area contributed by atoms with E-state index in [9.17, 15) is 4.79 Å². The molecule has 0 radical (unpaired) electrons. The average molecular weight is 475 g/mol. The zero-order chi connectivity index (χ0) is 19.8. The number of H-pyrrole nitrogens is 1. The minimum absolute atomic E-state index is 0. The molecular formula is C20H28Cl2N4O3S. The number of likely N-dealkylation sites (N-methyl/N-ethyl adjacent to an activating group) is 1. The van der Waals surface area contributed by atoms with Crippen molar-refractivity contribution in [2.24, 2.45) is 0 Å². The van der Waals surface area contributed by atoms with Crippen molar-refractivity contribution >= 4 is 42.5 Å². The van der Waals surface area contributed by atoms with Crippen LogP contribution < -0.4 is 10.9 Å². The van der Waals surface area contributed by atoms with E-state index in [-0.39, 0.29) is 30.4 Å². The van der Waals surface area contributed by atoms with Gasteiger partial charge in [-0.3, -0.25) is 9.78 Å². The average Bonchev–Trinajstić information content (AvgIpc) is 3.34. The maximum Gasteiger partial charge on any atom is 0.255 e. The minimum Gasteiger partial charge on any atom is -0.469 e. The van der Waals surface area contributed by atoms with Gasteiger partial charge in [-0.1, -0.05) is 0 Å². The fourth-order valence-electron chi connectivity index (χ4n) is 2.62. The van der Waals surface area contributed by atoms with Gasteiger partial charge in [0.25, 0.3) is 5.56 Å². The Morgan fingerprint density at radius 3 is 2.67 bits per heavy atom. The molecule has 3 rings (SSSR count). The molecule has 0 saturated heterocycles. The number of rotatable bonds is 11. The third-order valence-electron chi connectivity index (χ3n) is 4.12. The number of hydrogen-bond donors (Lipinski definition) is 2. The number of nitrogens with zero attached hydrogens (tertiary/aromatic N) is 2. The van der Waals surface area contributed by atoms with Crippen molar-refractivity contribution in [1.29, 1.82) is 0 Å². The minimum atomic E-state index is -0.151. The van der Waals surface area contributed by atoms with Gasteiger partial charge in [-0.2, -0.15) is 11.8 Å². The molecule has 0 bridgehead atoms. The van der Waals surface area contributed by atoms with E-state index in [2.05, 4.69) is 40.3 Å². The zero-order valence-electron chi connectivity index (χ0n) is 17.1. The van der Waals surface area contributed by atoms with Gasteiger partial charge in [0.05, 0.1) is 12.0 Å². The van der Waals surface area contributed by atoms with Gasteiger partial charge in [0.1, 0.15) is 17.3 Å². The molecule has 30 heavy (non-hydrogen) atoms. The Bertz CT molecular complexity index is 913. The summed E-state index contributed by atoms with van der Waals surface area (Å²) in [7, 11) is 4.11. The first-order chi connectivity index (χ1) is 13.6. The van der Waals surface area contributed by atoms with Gasteiger partial charge >= 0.3 is 0 Å². The highest BCUT2D eigenvalue weighted by Gasteiger charge is 2.06. The molecule has 0 aliphatic carbocycles. The van der Waals surface area contributed by atoms with Crippen LogP contribution in [0.5, 0.6) is 0 Å². The van der Waals surface area contributed by atoms with Crippen LogP contribution in [0.4, 0.5) is 5.95 Å². The normalized spacial score (nSPS) is 10.5. The van der Waals surface area contributed by atoms with Crippen molar-refractivity contribution in [3.63, 3.8) is 0 Å². The number of thioether (sulfide) groups is 1. The van der Waals surface area contributed by atoms with E-state index in [1.165, 1.54) is 0 Å². The number of anilines is 1. The van der Waals surface area contributed by atoms with E-state index in [0.29, 0.717) is 24.5 Å². The zero-order valence-corrected chi connectivity index (χ0v) is 19.5. The van der Waals surface area contributed by atoms with E-state index < -0.39 is 0 Å². The lowest BCUT2D eigenvalue weighted by molar-refractivity contribution is 0.385. The molecule has 2 N–H and O–H groups in total. The van der Waals surface area contributed by atoms with Crippen LogP contribution in [0, 0.1) is 0 Å². The second kappa shape index (κ2) is 13.4. The Balaban J connectivity index is 0.00000225. The molecule has 3 aromatic heterocycles. The number of aromatic nitrogens is 2. The molecule has 0 aliphatic rings. The fraction of sp³-hybridized carbons (Fsp3) is 0.400. The number of furan rings is 2. The fourth-order valence-corrected chi connectivity index (χ4v) is 3.37. The van der Waals surface area contributed by atoms with Crippen LogP contribution in [0.15, 0.2) is 50.4 Å². The number of halogens is 2. The Morgan fingerprint density at radius 1 is 1.17 bits per heavy atom. The first kappa shape index (κ1) is 26.2. The molecule has 0 fully saturated rings. The molecule has 7 nitrogen and oxygen atoms in total. The molecule has 0 aliphatic heterocycles. The molecule has 166 valence electrons. The summed E-state index contributed by atoms with van der Waals surface area (Å²) in [5.74, 6) is 4.96. The molecule has 10 heteroatoms. The van der Waals surface area contributed by atoms with Crippen LogP contribution in [0.3, 0.4) is 0 Å². The molecule has 0 saturated carbocycles. The van der Waals surface area contributed by atoms with Crippen LogP contribution in [0.2, 0.25) is 0 Å². The maximum absolute atomic E-state index is 12.1. The summed E-state index contributed by atoms with van der Waals surface area (Å²) in [6.07, 6.45) is 4.55. The third kappa shape index (κ3) is 8.47. The molecule has 3 aromatic rings. The summed E-state index contributed by atoms with van der Waals surface area (Å²) in [6, 6.07) is 7.74. The summed E-state index contributed by atoms with van der Waals surface area (Å²) >= 11 is 1.77. The van der Waals surface area contributed by atoms with Crippen molar-refractivity contribution in [3.05, 3.63) is 69.9 Å². The second-order valence-electron chi connectivity index (χ2n) is 6.74. The second-order valence-corrected chi connectivity index (χ2v) is 7.85. The van der Waals surface area contributed by atoms with E-state index in [1.807, 2.05) is 12.1 Å². The van der Waals surface area contributed by atoms with Crippen molar-refractivity contribution < 1.29 is 8.83 Å². The number of aromatic amines is 1. The molecule has 0 unspecified atom stereocenters. The molecule has 0 amide bonds. The molecular weight excluding hydrogens is 447 g/mol. The van der Waals surface area contributed by atoms with Gasteiger partial charge < -0.3 is 19.1 Å². The molecule has 0 spiro atoms. The van der Waals surface area contributed by atoms with Gasteiger partial charge in [-0.05, 0) is 38.4 Å². The van der Waals surface area contributed by atoms with Gasteiger partial charge in [0, 0.05) is 43.4 Å².